The Morgan fingerprint density at radius 2 is 2.29 bits per heavy atom. The molecular weight excluding hydrogens is 266 g/mol. The van der Waals surface area contributed by atoms with Gasteiger partial charge in [0.1, 0.15) is 5.75 Å². The summed E-state index contributed by atoms with van der Waals surface area (Å²) in [6, 6.07) is 7.22. The van der Waals surface area contributed by atoms with Gasteiger partial charge in [-0.1, -0.05) is 13.5 Å². The highest BCUT2D eigenvalue weighted by Crippen LogP contribution is 2.13. The molecule has 1 amide bonds. The van der Waals surface area contributed by atoms with Crippen molar-refractivity contribution in [1.29, 1.82) is 0 Å². The fraction of sp³-hybridized carbons (Fsp3) is 0.375. The number of imidazole rings is 1. The van der Waals surface area contributed by atoms with Gasteiger partial charge in [0, 0.05) is 29.9 Å². The van der Waals surface area contributed by atoms with Crippen molar-refractivity contribution in [3.8, 4) is 5.75 Å². The number of H-pyrrole nitrogens is 1. The second kappa shape index (κ2) is 8.09. The number of hydrogen-bond donors (Lipinski definition) is 2. The first kappa shape index (κ1) is 16.8. The molecule has 0 bridgehead atoms. The molecule has 0 aliphatic rings. The lowest BCUT2D eigenvalue weighted by Gasteiger charge is -2.13. The maximum absolute atomic E-state index is 12.1. The minimum Gasteiger partial charge on any atom is -0.494 e. The normalized spacial score (nSPS) is 11.3. The molecule has 0 spiro atoms. The van der Waals surface area contributed by atoms with Gasteiger partial charge in [0.25, 0.3) is 5.91 Å². The summed E-state index contributed by atoms with van der Waals surface area (Å²) in [5.74, 6) is 0.611. The van der Waals surface area contributed by atoms with E-state index in [1.165, 1.54) is 0 Å². The summed E-state index contributed by atoms with van der Waals surface area (Å²) in [5.41, 5.74) is 1.60. The number of carbonyl (C=O) groups excluding carboxylic acids is 1. The first-order chi connectivity index (χ1) is 9.69. The van der Waals surface area contributed by atoms with Gasteiger partial charge in [-0.25, -0.2) is 4.98 Å². The molecule has 1 atom stereocenters. The summed E-state index contributed by atoms with van der Waals surface area (Å²) in [6.07, 6.45) is 4.12. The smallest absolute Gasteiger partial charge is 0.251 e. The van der Waals surface area contributed by atoms with E-state index in [2.05, 4.69) is 15.3 Å². The van der Waals surface area contributed by atoms with Crippen LogP contribution in [0.1, 0.15) is 37.3 Å². The number of nitrogens with zero attached hydrogens (tertiary/aromatic N) is 1. The third-order valence-corrected chi connectivity index (χ3v) is 2.87. The van der Waals surface area contributed by atoms with Crippen molar-refractivity contribution in [1.82, 2.24) is 15.3 Å². The quantitative estimate of drug-likeness (QED) is 0.859. The minimum atomic E-state index is -0.0985. The van der Waals surface area contributed by atoms with Crippen LogP contribution in [0.25, 0.3) is 0 Å². The molecule has 0 aliphatic heterocycles. The van der Waals surface area contributed by atoms with Gasteiger partial charge in [-0.2, -0.15) is 0 Å². The topological polar surface area (TPSA) is 67.0 Å². The molecule has 2 N–H and O–H groups in total. The molecular formula is C16H23N3O2. The monoisotopic (exact) mass is 289 g/mol. The van der Waals surface area contributed by atoms with E-state index in [9.17, 15) is 4.79 Å². The molecule has 21 heavy (non-hydrogen) atoms. The summed E-state index contributed by atoms with van der Waals surface area (Å²) < 4.78 is 5.39. The van der Waals surface area contributed by atoms with E-state index >= 15 is 0 Å². The van der Waals surface area contributed by atoms with Crippen LogP contribution in [-0.2, 0) is 6.42 Å². The number of benzene rings is 1. The molecule has 0 unspecified atom stereocenters. The average Bonchev–Trinajstić information content (AvgIpc) is 2.92. The molecule has 5 heteroatoms. The van der Waals surface area contributed by atoms with E-state index in [0.717, 1.165) is 12.1 Å². The standard InChI is InChI=1S/C15H19N3O2.CH4/c1-3-20-14-6-4-5-12(8-14)15(19)18-11(2)7-13-9-16-10-17-13;/h4-6,8-11H,3,7H2,1-2H3,(H,16,17)(H,18,19);1H4/t11-;/m1./s1. The number of hydrogen-bond acceptors (Lipinski definition) is 3. The van der Waals surface area contributed by atoms with Crippen molar-refractivity contribution in [2.24, 2.45) is 0 Å². The largest absolute Gasteiger partial charge is 0.494 e. The van der Waals surface area contributed by atoms with Crippen LogP contribution < -0.4 is 10.1 Å². The van der Waals surface area contributed by atoms with Gasteiger partial charge in [0.15, 0.2) is 0 Å². The predicted octanol–water partition coefficient (Wildman–Crippen LogP) is 2.81. The fourth-order valence-corrected chi connectivity index (χ4v) is 1.98. The minimum absolute atomic E-state index is 0. The Bertz CT molecular complexity index is 552. The summed E-state index contributed by atoms with van der Waals surface area (Å²) in [6.45, 7) is 4.46. The molecule has 0 saturated carbocycles. The number of amides is 1. The summed E-state index contributed by atoms with van der Waals surface area (Å²) in [4.78, 5) is 19.1. The highest BCUT2D eigenvalue weighted by atomic mass is 16.5. The van der Waals surface area contributed by atoms with Gasteiger partial charge in [-0.15, -0.1) is 0 Å². The van der Waals surface area contributed by atoms with Crippen LogP contribution in [0.4, 0.5) is 0 Å². The van der Waals surface area contributed by atoms with Crippen molar-refractivity contribution in [3.63, 3.8) is 0 Å². The first-order valence-corrected chi connectivity index (χ1v) is 6.70. The van der Waals surface area contributed by atoms with Crippen LogP contribution in [0.3, 0.4) is 0 Å². The Labute approximate surface area is 125 Å². The van der Waals surface area contributed by atoms with Crippen LogP contribution in [0.2, 0.25) is 0 Å². The van der Waals surface area contributed by atoms with Gasteiger partial charge in [-0.3, -0.25) is 4.79 Å². The maximum atomic E-state index is 12.1. The molecule has 0 radical (unpaired) electrons. The third-order valence-electron chi connectivity index (χ3n) is 2.87. The summed E-state index contributed by atoms with van der Waals surface area (Å²) in [5, 5.41) is 2.96. The number of aromatic amines is 1. The average molecular weight is 289 g/mol. The molecule has 2 rings (SSSR count). The maximum Gasteiger partial charge on any atom is 0.251 e. The second-order valence-electron chi connectivity index (χ2n) is 4.62. The Kier molecular flexibility index (Phi) is 6.46. The van der Waals surface area contributed by atoms with E-state index in [4.69, 9.17) is 4.74 Å². The van der Waals surface area contributed by atoms with Crippen molar-refractivity contribution in [2.45, 2.75) is 33.7 Å². The van der Waals surface area contributed by atoms with Crippen LogP contribution in [0.5, 0.6) is 5.75 Å². The predicted molar refractivity (Wildman–Crippen MR) is 83.6 cm³/mol. The van der Waals surface area contributed by atoms with Crippen LogP contribution in [0.15, 0.2) is 36.8 Å². The summed E-state index contributed by atoms with van der Waals surface area (Å²) >= 11 is 0. The highest BCUT2D eigenvalue weighted by molar-refractivity contribution is 5.94. The van der Waals surface area contributed by atoms with Crippen molar-refractivity contribution >= 4 is 5.91 Å². The third kappa shape index (κ3) is 4.95. The van der Waals surface area contributed by atoms with Gasteiger partial charge in [-0.05, 0) is 32.0 Å². The van der Waals surface area contributed by atoms with Crippen molar-refractivity contribution in [3.05, 3.63) is 48.0 Å². The number of rotatable bonds is 6. The Hall–Kier alpha value is -2.30. The molecule has 0 aliphatic carbocycles. The second-order valence-corrected chi connectivity index (χ2v) is 4.62. The zero-order valence-electron chi connectivity index (χ0n) is 11.7. The summed E-state index contributed by atoms with van der Waals surface area (Å²) in [7, 11) is 0. The molecule has 114 valence electrons. The number of ether oxygens (including phenoxy) is 1. The van der Waals surface area contributed by atoms with Crippen molar-refractivity contribution in [2.75, 3.05) is 6.61 Å². The number of aromatic nitrogens is 2. The van der Waals surface area contributed by atoms with Gasteiger partial charge < -0.3 is 15.0 Å². The van der Waals surface area contributed by atoms with Gasteiger partial charge in [0.05, 0.1) is 12.9 Å². The number of nitrogens with one attached hydrogen (secondary N) is 2. The molecule has 1 heterocycles. The Balaban J connectivity index is 0.00000220. The number of carbonyl (C=O) groups is 1. The van der Waals surface area contributed by atoms with E-state index < -0.39 is 0 Å². The Morgan fingerprint density at radius 3 is 2.95 bits per heavy atom. The molecule has 1 aromatic carbocycles. The molecule has 0 saturated heterocycles. The van der Waals surface area contributed by atoms with E-state index in [0.29, 0.717) is 17.9 Å². The van der Waals surface area contributed by atoms with Crippen molar-refractivity contribution < 1.29 is 9.53 Å². The zero-order chi connectivity index (χ0) is 14.4. The van der Waals surface area contributed by atoms with Crippen LogP contribution in [-0.4, -0.2) is 28.5 Å². The first-order valence-electron chi connectivity index (χ1n) is 6.70. The van der Waals surface area contributed by atoms with Crippen LogP contribution >= 0.6 is 0 Å². The lowest BCUT2D eigenvalue weighted by Crippen LogP contribution is -2.34. The lowest BCUT2D eigenvalue weighted by atomic mass is 10.1. The van der Waals surface area contributed by atoms with E-state index in [1.54, 1.807) is 24.7 Å². The molecule has 0 fully saturated rings. The van der Waals surface area contributed by atoms with Gasteiger partial charge >= 0.3 is 0 Å². The van der Waals surface area contributed by atoms with Gasteiger partial charge in [0.2, 0.25) is 0 Å². The zero-order valence-corrected chi connectivity index (χ0v) is 11.7. The van der Waals surface area contributed by atoms with E-state index in [1.807, 2.05) is 26.0 Å². The molecule has 2 aromatic rings. The van der Waals surface area contributed by atoms with Crippen LogP contribution in [0, 0.1) is 0 Å². The molecule has 5 nitrogen and oxygen atoms in total. The van der Waals surface area contributed by atoms with E-state index in [-0.39, 0.29) is 19.4 Å². The Morgan fingerprint density at radius 1 is 1.48 bits per heavy atom. The lowest BCUT2D eigenvalue weighted by molar-refractivity contribution is 0.0939. The fourth-order valence-electron chi connectivity index (χ4n) is 1.98. The highest BCUT2D eigenvalue weighted by Gasteiger charge is 2.11. The molecule has 1 aromatic heterocycles. The SMILES string of the molecule is C.CCOc1cccc(C(=O)N[C@H](C)Cc2cnc[nH]2)c1.